The minimum atomic E-state index is -2.49. The van der Waals surface area contributed by atoms with Crippen LogP contribution in [0.5, 0.6) is 0 Å². The van der Waals surface area contributed by atoms with Crippen LogP contribution >= 0.6 is 0 Å². The lowest BCUT2D eigenvalue weighted by atomic mass is 9.50. The molecule has 4 rings (SSSR count). The van der Waals surface area contributed by atoms with Crippen LogP contribution in [0.1, 0.15) is 56.1 Å². The van der Waals surface area contributed by atoms with Gasteiger partial charge in [0, 0.05) is 19.4 Å². The molecule has 5 atom stereocenters. The summed E-state index contributed by atoms with van der Waals surface area (Å²) in [5.74, 6) is -2.02. The Morgan fingerprint density at radius 1 is 1.16 bits per heavy atom. The maximum atomic E-state index is 14.0. The molecule has 2 unspecified atom stereocenters. The molecule has 0 aliphatic carbocycles. The molecule has 1 aromatic heterocycles. The summed E-state index contributed by atoms with van der Waals surface area (Å²) in [6.07, 6.45) is 5.13. The highest BCUT2D eigenvalue weighted by Crippen LogP contribution is 2.47. The van der Waals surface area contributed by atoms with Gasteiger partial charge in [-0.2, -0.15) is 0 Å². The van der Waals surface area contributed by atoms with Gasteiger partial charge in [0.1, 0.15) is 11.7 Å². The first-order valence-electron chi connectivity index (χ1n) is 13.1. The number of fused-ring (bicyclic) bond motifs is 1. The number of aromatic nitrogens is 2. The molecule has 2 aromatic rings. The van der Waals surface area contributed by atoms with Crippen LogP contribution in [0.25, 0.3) is 0 Å². The second-order valence-corrected chi connectivity index (χ2v) is 11.0. The molecular weight excluding hydrogens is 487 g/mol. The van der Waals surface area contributed by atoms with Crippen LogP contribution in [0.2, 0.25) is 5.82 Å². The molecule has 11 heteroatoms. The molecule has 10 nitrogen and oxygen atoms in total. The number of nitrogens with zero attached hydrogens (tertiary/aromatic N) is 3. The number of Topliss-reactive ketones (excluding diaryl/α,β-unsaturated/α-hetero) is 1. The number of carbonyl (C=O) groups excluding carboxylic acids is 4. The van der Waals surface area contributed by atoms with Gasteiger partial charge < -0.3 is 19.0 Å². The molecule has 1 N–H and O–H groups in total. The average Bonchev–Trinajstić information content (AvgIpc) is 3.10. The van der Waals surface area contributed by atoms with Crippen LogP contribution in [0.3, 0.4) is 0 Å². The van der Waals surface area contributed by atoms with Crippen molar-refractivity contribution >= 4 is 30.3 Å². The van der Waals surface area contributed by atoms with E-state index in [0.717, 1.165) is 5.56 Å². The van der Waals surface area contributed by atoms with E-state index >= 15 is 0 Å². The number of hydrogen-bond donors (Lipinski definition) is 1. The number of nitrogens with one attached hydrogen (secondary N) is 1. The van der Waals surface area contributed by atoms with Crippen molar-refractivity contribution in [3.8, 4) is 0 Å². The molecule has 2 fully saturated rings. The second kappa shape index (κ2) is 11.0. The van der Waals surface area contributed by atoms with Gasteiger partial charge in [-0.25, -0.2) is 9.78 Å². The third kappa shape index (κ3) is 5.33. The van der Waals surface area contributed by atoms with E-state index in [1.165, 1.54) is 18.6 Å². The lowest BCUT2D eigenvalue weighted by molar-refractivity contribution is -0.837. The number of likely N-dealkylation sites (N-methyl/N-ethyl adjacent to an activating group) is 1. The molecule has 2 saturated heterocycles. The highest BCUT2D eigenvalue weighted by atomic mass is 16.7. The van der Waals surface area contributed by atoms with Crippen molar-refractivity contribution in [3.05, 3.63) is 60.2 Å². The second-order valence-electron chi connectivity index (χ2n) is 11.0. The zero-order valence-corrected chi connectivity index (χ0v) is 22.3. The van der Waals surface area contributed by atoms with Gasteiger partial charge in [0.05, 0.1) is 25.2 Å². The van der Waals surface area contributed by atoms with Crippen LogP contribution in [-0.2, 0) is 30.1 Å². The van der Waals surface area contributed by atoms with Crippen molar-refractivity contribution in [2.75, 3.05) is 13.6 Å². The van der Waals surface area contributed by atoms with E-state index < -0.39 is 42.4 Å². The van der Waals surface area contributed by atoms with Gasteiger partial charge in [0.15, 0.2) is 5.78 Å². The fourth-order valence-corrected chi connectivity index (χ4v) is 5.86. The summed E-state index contributed by atoms with van der Waals surface area (Å²) in [4.78, 5) is 60.3. The molecule has 202 valence electrons. The molecule has 0 bridgehead atoms. The number of amides is 1. The average molecular weight is 522 g/mol. The first kappa shape index (κ1) is 27.4. The third-order valence-electron chi connectivity index (χ3n) is 8.04. The lowest BCUT2D eigenvalue weighted by Crippen LogP contribution is -2.73. The van der Waals surface area contributed by atoms with E-state index in [9.17, 15) is 19.2 Å². The van der Waals surface area contributed by atoms with Crippen molar-refractivity contribution < 1.29 is 32.9 Å². The van der Waals surface area contributed by atoms with Gasteiger partial charge in [-0.05, 0) is 37.1 Å². The molecule has 2 aliphatic rings. The van der Waals surface area contributed by atoms with E-state index in [2.05, 4.69) is 15.3 Å². The molecule has 2 aliphatic heterocycles. The largest absolute Gasteiger partial charge is 0.604 e. The van der Waals surface area contributed by atoms with Gasteiger partial charge in [-0.3, -0.25) is 19.4 Å². The fourth-order valence-electron chi connectivity index (χ4n) is 5.86. The Kier molecular flexibility index (Phi) is 7.96. The SMILES string of the molecule is CC(C)C[C@H](CC(=O)[C@H](Cc1ccccc1)NC(=O)c1cnccn1)[B-]12OC(=O)CC[N+]1(C)[C@H](C)C(=O)O2. The first-order chi connectivity index (χ1) is 18.1. The Balaban J connectivity index is 1.66. The van der Waals surface area contributed by atoms with Crippen molar-refractivity contribution in [2.45, 2.75) is 64.4 Å². The molecular formula is C27H35BN4O6. The number of rotatable bonds is 10. The van der Waals surface area contributed by atoms with Crippen LogP contribution in [0.15, 0.2) is 48.9 Å². The van der Waals surface area contributed by atoms with Crippen molar-refractivity contribution in [1.82, 2.24) is 15.3 Å². The Labute approximate surface area is 222 Å². The highest BCUT2D eigenvalue weighted by Gasteiger charge is 2.69. The lowest BCUT2D eigenvalue weighted by Gasteiger charge is -2.56. The molecule has 0 radical (unpaired) electrons. The Hall–Kier alpha value is -3.60. The zero-order chi connectivity index (χ0) is 27.5. The quantitative estimate of drug-likeness (QED) is 0.472. The van der Waals surface area contributed by atoms with Crippen LogP contribution < -0.4 is 5.32 Å². The Morgan fingerprint density at radius 2 is 1.89 bits per heavy atom. The van der Waals surface area contributed by atoms with Crippen LogP contribution in [-0.4, -0.2) is 70.4 Å². The van der Waals surface area contributed by atoms with Crippen molar-refractivity contribution in [3.63, 3.8) is 0 Å². The molecule has 1 aromatic carbocycles. The Bertz CT molecular complexity index is 1190. The fraction of sp³-hybridized carbons (Fsp3) is 0.481. The smallest absolute Gasteiger partial charge is 0.587 e. The first-order valence-corrected chi connectivity index (χ1v) is 13.1. The minimum Gasteiger partial charge on any atom is -0.604 e. The summed E-state index contributed by atoms with van der Waals surface area (Å²) in [5, 5.41) is 2.83. The number of quaternary nitrogens is 1. The number of carbonyl (C=O) groups is 4. The van der Waals surface area contributed by atoms with Gasteiger partial charge in [0.2, 0.25) is 0 Å². The summed E-state index contributed by atoms with van der Waals surface area (Å²) in [6.45, 7) is 3.70. The highest BCUT2D eigenvalue weighted by molar-refractivity contribution is 6.67. The normalized spacial score (nSPS) is 26.2. The standard InChI is InChI=1S/C27H35BN4O6/c1-18(2)14-21(28-32(4,13-10-25(34)37-28)19(3)27(36)38-28)16-24(33)22(15-20-8-6-5-7-9-20)31-26(35)23-17-29-11-12-30-23/h5-9,11-12,17-19,21-22H,10,13-16H2,1-4H3,(H,31,35)/t19-,21-,22+,28?,32?/m1/s1. The van der Waals surface area contributed by atoms with Gasteiger partial charge in [-0.15, -0.1) is 0 Å². The van der Waals surface area contributed by atoms with Gasteiger partial charge in [0.25, 0.3) is 11.9 Å². The zero-order valence-electron chi connectivity index (χ0n) is 22.3. The van der Waals surface area contributed by atoms with Gasteiger partial charge >= 0.3 is 12.7 Å². The predicted molar refractivity (Wildman–Crippen MR) is 139 cm³/mol. The molecule has 3 heterocycles. The summed E-state index contributed by atoms with van der Waals surface area (Å²) in [5.41, 5.74) is 0.976. The maximum Gasteiger partial charge on any atom is 0.587 e. The summed E-state index contributed by atoms with van der Waals surface area (Å²) < 4.78 is 12.0. The van der Waals surface area contributed by atoms with Crippen molar-refractivity contribution in [1.29, 1.82) is 0 Å². The number of hydrogen-bond acceptors (Lipinski definition) is 8. The molecule has 0 saturated carbocycles. The monoisotopic (exact) mass is 522 g/mol. The van der Waals surface area contributed by atoms with Crippen LogP contribution in [0, 0.1) is 5.92 Å². The van der Waals surface area contributed by atoms with E-state index in [0.29, 0.717) is 13.0 Å². The van der Waals surface area contributed by atoms with Crippen molar-refractivity contribution in [2.24, 2.45) is 5.92 Å². The number of ketones is 1. The molecule has 1 amide bonds. The summed E-state index contributed by atoms with van der Waals surface area (Å²) in [6, 6.07) is 8.00. The number of benzene rings is 1. The minimum absolute atomic E-state index is 0.0302. The van der Waals surface area contributed by atoms with E-state index in [1.54, 1.807) is 6.92 Å². The van der Waals surface area contributed by atoms with E-state index in [1.807, 2.05) is 51.2 Å². The third-order valence-corrected chi connectivity index (χ3v) is 8.04. The summed E-state index contributed by atoms with van der Waals surface area (Å²) >= 11 is 0. The molecule has 38 heavy (non-hydrogen) atoms. The van der Waals surface area contributed by atoms with Crippen LogP contribution in [0.4, 0.5) is 0 Å². The molecule has 0 spiro atoms. The topological polar surface area (TPSA) is 125 Å². The summed E-state index contributed by atoms with van der Waals surface area (Å²) in [7, 11) is 1.87. The van der Waals surface area contributed by atoms with Gasteiger partial charge in [-0.1, -0.05) is 50.6 Å². The predicted octanol–water partition coefficient (Wildman–Crippen LogP) is 2.47. The maximum absolute atomic E-state index is 14.0. The van der Waals surface area contributed by atoms with E-state index in [-0.39, 0.29) is 41.1 Å². The van der Waals surface area contributed by atoms with E-state index in [4.69, 9.17) is 9.31 Å². The Morgan fingerprint density at radius 3 is 2.55 bits per heavy atom.